The Morgan fingerprint density at radius 3 is 2.20 bits per heavy atom. The van der Waals surface area contributed by atoms with Crippen LogP contribution in [0.2, 0.25) is 0 Å². The highest BCUT2D eigenvalue weighted by molar-refractivity contribution is 5.95. The number of carbonyl (C=O) groups excluding carboxylic acids is 2. The minimum atomic E-state index is 0.0691. The van der Waals surface area contributed by atoms with Crippen LogP contribution >= 0.6 is 0 Å². The van der Waals surface area contributed by atoms with Gasteiger partial charge in [0.25, 0.3) is 5.91 Å². The first-order valence-electron chi connectivity index (χ1n) is 16.3. The van der Waals surface area contributed by atoms with E-state index in [9.17, 15) is 4.79 Å². The van der Waals surface area contributed by atoms with Gasteiger partial charge in [-0.15, -0.1) is 0 Å². The van der Waals surface area contributed by atoms with Gasteiger partial charge in [-0.05, 0) is 84.7 Å². The molecular formula is C37H56N2O2. The van der Waals surface area contributed by atoms with E-state index < -0.39 is 0 Å². The Kier molecular flexibility index (Phi) is 15.5. The molecule has 1 aliphatic heterocycles. The SMILES string of the molecule is C=O.CC.CC.CC1CCC(CCc2ccc(C3=CCc4cc(C(=O)NC5CCCCC5C)ccc4N3)cc2)CC1. The maximum Gasteiger partial charge on any atom is 0.251 e. The van der Waals surface area contributed by atoms with E-state index in [4.69, 9.17) is 4.79 Å². The second kappa shape index (κ2) is 18.5. The van der Waals surface area contributed by atoms with Crippen molar-refractivity contribution in [2.45, 2.75) is 118 Å². The van der Waals surface area contributed by atoms with E-state index in [2.05, 4.69) is 67.0 Å². The van der Waals surface area contributed by atoms with Crippen LogP contribution in [0.4, 0.5) is 5.69 Å². The summed E-state index contributed by atoms with van der Waals surface area (Å²) in [5.74, 6) is 2.49. The van der Waals surface area contributed by atoms with Gasteiger partial charge in [0, 0.05) is 23.0 Å². The molecule has 5 rings (SSSR count). The molecule has 1 amide bonds. The number of rotatable bonds is 6. The average molecular weight is 561 g/mol. The summed E-state index contributed by atoms with van der Waals surface area (Å²) >= 11 is 0. The van der Waals surface area contributed by atoms with Crippen molar-refractivity contribution < 1.29 is 9.59 Å². The normalized spacial score (nSPS) is 22.8. The molecule has 4 nitrogen and oxygen atoms in total. The molecule has 3 aliphatic rings. The summed E-state index contributed by atoms with van der Waals surface area (Å²) in [5, 5.41) is 6.89. The van der Waals surface area contributed by atoms with E-state index in [1.807, 2.05) is 40.6 Å². The summed E-state index contributed by atoms with van der Waals surface area (Å²) in [7, 11) is 0. The average Bonchev–Trinajstić information content (AvgIpc) is 3.04. The van der Waals surface area contributed by atoms with Crippen LogP contribution in [0.15, 0.2) is 48.5 Å². The molecule has 0 spiro atoms. The van der Waals surface area contributed by atoms with E-state index in [0.717, 1.165) is 35.9 Å². The number of hydrogen-bond donors (Lipinski definition) is 2. The Hall–Kier alpha value is -2.88. The summed E-state index contributed by atoms with van der Waals surface area (Å²) in [6, 6.07) is 15.5. The fourth-order valence-corrected chi connectivity index (χ4v) is 6.25. The molecular weight excluding hydrogens is 504 g/mol. The van der Waals surface area contributed by atoms with Gasteiger partial charge in [-0.2, -0.15) is 0 Å². The topological polar surface area (TPSA) is 58.2 Å². The van der Waals surface area contributed by atoms with Crippen molar-refractivity contribution in [1.82, 2.24) is 5.32 Å². The van der Waals surface area contributed by atoms with Crippen molar-refractivity contribution in [3.05, 3.63) is 70.8 Å². The zero-order valence-corrected chi connectivity index (χ0v) is 26.7. The highest BCUT2D eigenvalue weighted by atomic mass is 16.1. The maximum absolute atomic E-state index is 12.9. The molecule has 2 aromatic rings. The van der Waals surface area contributed by atoms with Crippen LogP contribution < -0.4 is 10.6 Å². The minimum absolute atomic E-state index is 0.0691. The monoisotopic (exact) mass is 560 g/mol. The molecule has 226 valence electrons. The van der Waals surface area contributed by atoms with E-state index >= 15 is 0 Å². The number of benzene rings is 2. The molecule has 2 aromatic carbocycles. The highest BCUT2D eigenvalue weighted by Crippen LogP contribution is 2.32. The molecule has 2 fully saturated rings. The number of nitrogens with one attached hydrogen (secondary N) is 2. The number of aryl methyl sites for hydroxylation is 1. The lowest BCUT2D eigenvalue weighted by atomic mass is 9.80. The van der Waals surface area contributed by atoms with Crippen molar-refractivity contribution in [2.24, 2.45) is 17.8 Å². The van der Waals surface area contributed by atoms with E-state index in [1.165, 1.54) is 80.2 Å². The van der Waals surface area contributed by atoms with Gasteiger partial charge >= 0.3 is 0 Å². The van der Waals surface area contributed by atoms with Gasteiger partial charge in [0.1, 0.15) is 6.79 Å². The molecule has 1 heterocycles. The van der Waals surface area contributed by atoms with Crippen LogP contribution in [0, 0.1) is 17.8 Å². The molecule has 0 saturated heterocycles. The molecule has 2 unspecified atom stereocenters. The number of hydrogen-bond acceptors (Lipinski definition) is 3. The highest BCUT2D eigenvalue weighted by Gasteiger charge is 2.24. The summed E-state index contributed by atoms with van der Waals surface area (Å²) in [4.78, 5) is 20.9. The molecule has 41 heavy (non-hydrogen) atoms. The molecule has 0 radical (unpaired) electrons. The number of anilines is 1. The third-order valence-corrected chi connectivity index (χ3v) is 8.83. The van der Waals surface area contributed by atoms with Crippen molar-refractivity contribution in [3.63, 3.8) is 0 Å². The molecule has 2 aliphatic carbocycles. The fraction of sp³-hybridized carbons (Fsp3) is 0.568. The smallest absolute Gasteiger partial charge is 0.251 e. The zero-order chi connectivity index (χ0) is 30.2. The van der Waals surface area contributed by atoms with Gasteiger partial charge in [0.2, 0.25) is 0 Å². The van der Waals surface area contributed by atoms with Gasteiger partial charge in [0.15, 0.2) is 0 Å². The van der Waals surface area contributed by atoms with Crippen molar-refractivity contribution >= 4 is 24.1 Å². The second-order valence-electron chi connectivity index (χ2n) is 11.5. The molecule has 2 atom stereocenters. The largest absolute Gasteiger partial charge is 0.355 e. The summed E-state index contributed by atoms with van der Waals surface area (Å²) in [5.41, 5.74) is 6.93. The predicted octanol–water partition coefficient (Wildman–Crippen LogP) is 9.63. The molecule has 4 heteroatoms. The number of allylic oxidation sites excluding steroid dienone is 1. The molecule has 0 bridgehead atoms. The van der Waals surface area contributed by atoms with Crippen LogP contribution in [-0.2, 0) is 17.6 Å². The summed E-state index contributed by atoms with van der Waals surface area (Å²) < 4.78 is 0. The number of fused-ring (bicyclic) bond motifs is 1. The van der Waals surface area contributed by atoms with Gasteiger partial charge in [-0.25, -0.2) is 0 Å². The minimum Gasteiger partial charge on any atom is -0.355 e. The van der Waals surface area contributed by atoms with Crippen molar-refractivity contribution in [3.8, 4) is 0 Å². The summed E-state index contributed by atoms with van der Waals surface area (Å²) in [6.07, 6.45) is 16.1. The first kappa shape index (κ1) is 34.3. The van der Waals surface area contributed by atoms with Gasteiger partial charge in [-0.3, -0.25) is 4.79 Å². The van der Waals surface area contributed by atoms with Crippen LogP contribution in [0.25, 0.3) is 5.70 Å². The Bertz CT molecular complexity index is 1070. The number of carbonyl (C=O) groups is 2. The van der Waals surface area contributed by atoms with Crippen LogP contribution in [0.1, 0.15) is 126 Å². The Morgan fingerprint density at radius 1 is 0.878 bits per heavy atom. The second-order valence-corrected chi connectivity index (χ2v) is 11.5. The van der Waals surface area contributed by atoms with E-state index in [-0.39, 0.29) is 5.91 Å². The molecule has 0 aromatic heterocycles. The molecule has 2 N–H and O–H groups in total. The first-order chi connectivity index (χ1) is 20.0. The van der Waals surface area contributed by atoms with Gasteiger partial charge in [-0.1, -0.05) is 110 Å². The van der Waals surface area contributed by atoms with Crippen molar-refractivity contribution in [1.29, 1.82) is 0 Å². The standard InChI is InChI=1S/C32H42N2O.2C2H6.CH2O/c1-22-7-9-24(10-8-22)11-12-25-13-15-26(16-14-25)30-19-17-27-21-28(18-20-31(27)33-30)32(35)34-29-6-4-3-5-23(29)2;3*1-2/h13-16,18-24,29,33H,3-12,17H2,1-2H3,(H,34,35);2*1-2H3;1H2. The van der Waals surface area contributed by atoms with Crippen molar-refractivity contribution in [2.75, 3.05) is 5.32 Å². The van der Waals surface area contributed by atoms with E-state index in [1.54, 1.807) is 0 Å². The van der Waals surface area contributed by atoms with E-state index in [0.29, 0.717) is 12.0 Å². The van der Waals surface area contributed by atoms with Crippen LogP contribution in [0.5, 0.6) is 0 Å². The lowest BCUT2D eigenvalue weighted by Gasteiger charge is -2.29. The lowest BCUT2D eigenvalue weighted by Crippen LogP contribution is -2.41. The maximum atomic E-state index is 12.9. The van der Waals surface area contributed by atoms with Crippen LogP contribution in [-0.4, -0.2) is 18.7 Å². The third-order valence-electron chi connectivity index (χ3n) is 8.83. The zero-order valence-electron chi connectivity index (χ0n) is 26.7. The Morgan fingerprint density at radius 2 is 1.54 bits per heavy atom. The van der Waals surface area contributed by atoms with Crippen LogP contribution in [0.3, 0.4) is 0 Å². The predicted molar refractivity (Wildman–Crippen MR) is 176 cm³/mol. The lowest BCUT2D eigenvalue weighted by molar-refractivity contribution is -0.0980. The Balaban J connectivity index is 0.000000921. The summed E-state index contributed by atoms with van der Waals surface area (Å²) in [6.45, 7) is 14.7. The first-order valence-corrected chi connectivity index (χ1v) is 16.3. The quantitative estimate of drug-likeness (QED) is 0.370. The Labute approximate surface area is 250 Å². The fourth-order valence-electron chi connectivity index (χ4n) is 6.25. The molecule has 2 saturated carbocycles. The third kappa shape index (κ3) is 10.2. The number of amides is 1. The van der Waals surface area contributed by atoms with Gasteiger partial charge in [0.05, 0.1) is 0 Å². The van der Waals surface area contributed by atoms with Gasteiger partial charge < -0.3 is 15.4 Å².